The fourth-order valence-electron chi connectivity index (χ4n) is 1.62. The molecule has 2 aromatic carbocycles. The molecule has 0 atom stereocenters. The molecule has 0 aliphatic carbocycles. The normalized spacial score (nSPS) is 10.5. The van der Waals surface area contributed by atoms with Crippen molar-refractivity contribution in [1.29, 1.82) is 0 Å². The van der Waals surface area contributed by atoms with E-state index in [0.717, 1.165) is 0 Å². The molecular formula is C14H7BF4O2. The van der Waals surface area contributed by atoms with E-state index in [2.05, 4.69) is 4.74 Å². The summed E-state index contributed by atoms with van der Waals surface area (Å²) in [5.41, 5.74) is -2.23. The number of hydrogen-bond donors (Lipinski definition) is 0. The van der Waals surface area contributed by atoms with Gasteiger partial charge in [0.25, 0.3) is 0 Å². The molecule has 0 aromatic heterocycles. The smallest absolute Gasteiger partial charge is 0.344 e. The van der Waals surface area contributed by atoms with E-state index >= 15 is 0 Å². The van der Waals surface area contributed by atoms with Gasteiger partial charge in [0.15, 0.2) is 23.3 Å². The summed E-state index contributed by atoms with van der Waals surface area (Å²) in [6.45, 7) is -0.299. The Hall–Kier alpha value is -2.31. The van der Waals surface area contributed by atoms with E-state index in [9.17, 15) is 22.4 Å². The van der Waals surface area contributed by atoms with Crippen LogP contribution in [0.15, 0.2) is 30.3 Å². The van der Waals surface area contributed by atoms with Gasteiger partial charge in [0.1, 0.15) is 20.0 Å². The minimum atomic E-state index is -1.88. The second kappa shape index (κ2) is 5.99. The fraction of sp³-hybridized carbons (Fsp3) is 0.0714. The Balaban J connectivity index is 2.28. The Labute approximate surface area is 118 Å². The number of benzene rings is 2. The summed E-state index contributed by atoms with van der Waals surface area (Å²) in [5.74, 6) is -8.96. The first-order valence-electron chi connectivity index (χ1n) is 5.76. The second-order valence-electron chi connectivity index (χ2n) is 4.11. The number of carbonyl (C=O) groups is 1. The molecule has 2 radical (unpaired) electrons. The van der Waals surface area contributed by atoms with Gasteiger partial charge in [0, 0.05) is 0 Å². The molecule has 21 heavy (non-hydrogen) atoms. The molecule has 0 aliphatic rings. The van der Waals surface area contributed by atoms with E-state index in [1.807, 2.05) is 0 Å². The first kappa shape index (κ1) is 15.1. The number of ether oxygens (including phenoxy) is 1. The molecule has 2 nitrogen and oxygen atoms in total. The van der Waals surface area contributed by atoms with Crippen molar-refractivity contribution in [2.45, 2.75) is 6.61 Å². The molecule has 0 unspecified atom stereocenters. The van der Waals surface area contributed by atoms with Gasteiger partial charge in [0.05, 0.1) is 0 Å². The van der Waals surface area contributed by atoms with Crippen molar-refractivity contribution in [2.24, 2.45) is 0 Å². The van der Waals surface area contributed by atoms with Crippen LogP contribution in [0.4, 0.5) is 17.6 Å². The number of rotatable bonds is 3. The lowest BCUT2D eigenvalue weighted by molar-refractivity contribution is 0.0459. The zero-order valence-electron chi connectivity index (χ0n) is 10.5. The Morgan fingerprint density at radius 3 is 2.00 bits per heavy atom. The zero-order chi connectivity index (χ0) is 15.6. The minimum Gasteiger partial charge on any atom is -0.457 e. The third-order valence-electron chi connectivity index (χ3n) is 2.71. The maximum Gasteiger partial charge on any atom is 0.344 e. The molecule has 0 amide bonds. The highest BCUT2D eigenvalue weighted by Crippen LogP contribution is 2.19. The highest BCUT2D eigenvalue weighted by Gasteiger charge is 2.28. The molecule has 0 N–H and O–H groups in total. The zero-order valence-corrected chi connectivity index (χ0v) is 10.5. The number of halogens is 4. The summed E-state index contributed by atoms with van der Waals surface area (Å²) in [7, 11) is 4.84. The lowest BCUT2D eigenvalue weighted by Gasteiger charge is -2.10. The molecule has 0 heterocycles. The van der Waals surface area contributed by atoms with E-state index in [1.54, 1.807) is 30.3 Å². The minimum absolute atomic E-state index is 0.299. The summed E-state index contributed by atoms with van der Waals surface area (Å²) in [6, 6.07) is 8.24. The third-order valence-corrected chi connectivity index (χ3v) is 2.71. The van der Waals surface area contributed by atoms with E-state index < -0.39 is 40.3 Å². The van der Waals surface area contributed by atoms with Gasteiger partial charge in [-0.3, -0.25) is 0 Å². The summed E-state index contributed by atoms with van der Waals surface area (Å²) in [6.07, 6.45) is 0. The summed E-state index contributed by atoms with van der Waals surface area (Å²) < 4.78 is 58.1. The highest BCUT2D eigenvalue weighted by molar-refractivity contribution is 6.32. The number of esters is 1. The largest absolute Gasteiger partial charge is 0.457 e. The van der Waals surface area contributed by atoms with Crippen LogP contribution in [0.2, 0.25) is 0 Å². The van der Waals surface area contributed by atoms with Crippen LogP contribution in [0.1, 0.15) is 15.9 Å². The van der Waals surface area contributed by atoms with Crippen LogP contribution in [-0.4, -0.2) is 13.8 Å². The van der Waals surface area contributed by atoms with Crippen LogP contribution >= 0.6 is 0 Å². The molecule has 2 aromatic rings. The first-order chi connectivity index (χ1) is 9.93. The lowest BCUT2D eigenvalue weighted by Crippen LogP contribution is -2.23. The fourth-order valence-corrected chi connectivity index (χ4v) is 1.62. The van der Waals surface area contributed by atoms with Gasteiger partial charge in [0.2, 0.25) is 0 Å². The molecule has 0 aliphatic heterocycles. The van der Waals surface area contributed by atoms with Crippen LogP contribution < -0.4 is 5.46 Å². The average Bonchev–Trinajstić information content (AvgIpc) is 2.50. The van der Waals surface area contributed by atoms with Crippen molar-refractivity contribution in [1.82, 2.24) is 0 Å². The maximum absolute atomic E-state index is 13.5. The highest BCUT2D eigenvalue weighted by atomic mass is 19.2. The predicted molar refractivity (Wildman–Crippen MR) is 67.2 cm³/mol. The van der Waals surface area contributed by atoms with Gasteiger partial charge in [-0.2, -0.15) is 0 Å². The van der Waals surface area contributed by atoms with Crippen molar-refractivity contribution in [2.75, 3.05) is 0 Å². The Kier molecular flexibility index (Phi) is 4.30. The molecule has 0 saturated heterocycles. The SMILES string of the molecule is [B]c1c(F)c(F)c(C(=O)OCc2ccccc2)c(F)c1F. The Morgan fingerprint density at radius 1 is 0.952 bits per heavy atom. The van der Waals surface area contributed by atoms with E-state index in [1.165, 1.54) is 0 Å². The van der Waals surface area contributed by atoms with E-state index in [-0.39, 0.29) is 6.61 Å². The first-order valence-corrected chi connectivity index (χ1v) is 5.76. The summed E-state index contributed by atoms with van der Waals surface area (Å²) >= 11 is 0. The molecule has 106 valence electrons. The molecule has 2 rings (SSSR count). The van der Waals surface area contributed by atoms with Crippen molar-refractivity contribution >= 4 is 19.3 Å². The Morgan fingerprint density at radius 2 is 1.48 bits per heavy atom. The van der Waals surface area contributed by atoms with Gasteiger partial charge in [-0.25, -0.2) is 22.4 Å². The van der Waals surface area contributed by atoms with Crippen LogP contribution in [0.5, 0.6) is 0 Å². The molecule has 0 fully saturated rings. The number of carbonyl (C=O) groups excluding carboxylic acids is 1. The Bertz CT molecular complexity index is 660. The molecule has 7 heteroatoms. The van der Waals surface area contributed by atoms with E-state index in [4.69, 9.17) is 7.85 Å². The van der Waals surface area contributed by atoms with Crippen LogP contribution in [0.25, 0.3) is 0 Å². The quantitative estimate of drug-likeness (QED) is 0.376. The maximum atomic E-state index is 13.5. The molecule has 0 spiro atoms. The van der Waals surface area contributed by atoms with Gasteiger partial charge < -0.3 is 4.74 Å². The van der Waals surface area contributed by atoms with E-state index in [0.29, 0.717) is 5.56 Å². The van der Waals surface area contributed by atoms with Crippen LogP contribution in [0.3, 0.4) is 0 Å². The predicted octanol–water partition coefficient (Wildman–Crippen LogP) is 2.39. The van der Waals surface area contributed by atoms with Gasteiger partial charge >= 0.3 is 5.97 Å². The van der Waals surface area contributed by atoms with Gasteiger partial charge in [-0.05, 0) is 11.0 Å². The lowest BCUT2D eigenvalue weighted by atomic mass is 9.92. The standard InChI is InChI=1S/C14H7BF4O2/c15-9-12(18)10(16)8(11(17)13(9)19)14(20)21-6-7-4-2-1-3-5-7/h1-5H,6H2. The van der Waals surface area contributed by atoms with Gasteiger partial charge in [-0.15, -0.1) is 0 Å². The van der Waals surface area contributed by atoms with Gasteiger partial charge in [-0.1, -0.05) is 30.3 Å². The molecule has 0 bridgehead atoms. The van der Waals surface area contributed by atoms with Crippen molar-refractivity contribution in [3.63, 3.8) is 0 Å². The average molecular weight is 294 g/mol. The monoisotopic (exact) mass is 294 g/mol. The van der Waals surface area contributed by atoms with Crippen LogP contribution in [-0.2, 0) is 11.3 Å². The second-order valence-corrected chi connectivity index (χ2v) is 4.11. The van der Waals surface area contributed by atoms with Crippen LogP contribution in [0, 0.1) is 23.3 Å². The van der Waals surface area contributed by atoms with Crippen molar-refractivity contribution in [3.8, 4) is 0 Å². The molecule has 0 saturated carbocycles. The van der Waals surface area contributed by atoms with Crippen molar-refractivity contribution < 1.29 is 27.1 Å². The molecular weight excluding hydrogens is 287 g/mol. The topological polar surface area (TPSA) is 26.3 Å². The number of hydrogen-bond acceptors (Lipinski definition) is 2. The van der Waals surface area contributed by atoms with Crippen molar-refractivity contribution in [3.05, 3.63) is 64.7 Å². The summed E-state index contributed by atoms with van der Waals surface area (Å²) in [4.78, 5) is 11.6. The third kappa shape index (κ3) is 2.91. The summed E-state index contributed by atoms with van der Waals surface area (Å²) in [5, 5.41) is 0.